The molecular formula is C15H21N3O3. The molecule has 1 aromatic rings. The number of pyridine rings is 1. The number of rotatable bonds is 3. The lowest BCUT2D eigenvalue weighted by molar-refractivity contribution is -0.123. The van der Waals surface area contributed by atoms with Crippen molar-refractivity contribution in [3.05, 3.63) is 23.9 Å². The Bertz CT molecular complexity index is 509. The van der Waals surface area contributed by atoms with Gasteiger partial charge in [-0.3, -0.25) is 9.69 Å². The minimum atomic E-state index is -0.439. The number of piperidine rings is 1. The Labute approximate surface area is 124 Å². The summed E-state index contributed by atoms with van der Waals surface area (Å²) in [5.74, 6) is 0.634. The number of hydrogen-bond acceptors (Lipinski definition) is 5. The maximum atomic E-state index is 11.6. The fourth-order valence-electron chi connectivity index (χ4n) is 2.95. The van der Waals surface area contributed by atoms with Gasteiger partial charge in [0, 0.05) is 44.7 Å². The minimum absolute atomic E-state index is 0.00260. The number of likely N-dealkylation sites (tertiary alicyclic amines) is 1. The lowest BCUT2D eigenvalue weighted by Gasteiger charge is -2.38. The number of carbonyl (C=O) groups excluding carboxylic acids is 1. The predicted octanol–water partition coefficient (Wildman–Crippen LogP) is 0.917. The Kier molecular flexibility index (Phi) is 3.82. The van der Waals surface area contributed by atoms with Crippen molar-refractivity contribution in [1.29, 1.82) is 0 Å². The van der Waals surface area contributed by atoms with Gasteiger partial charge in [0.05, 0.1) is 7.11 Å². The highest BCUT2D eigenvalue weighted by molar-refractivity contribution is 5.82. The maximum Gasteiger partial charge on any atom is 0.251 e. The second kappa shape index (κ2) is 5.61. The fourth-order valence-corrected chi connectivity index (χ4v) is 2.95. The summed E-state index contributed by atoms with van der Waals surface area (Å²) in [4.78, 5) is 18.2. The molecule has 0 saturated carbocycles. The Hall–Kier alpha value is -1.66. The van der Waals surface area contributed by atoms with E-state index in [9.17, 15) is 4.79 Å². The standard InChI is InChI=1S/C15H21N3O3/c1-11-14(19)17-15(21-11)5-7-18(8-6-15)10-12-3-4-13(20-2)16-9-12/h3-4,9,11H,5-8,10H2,1-2H3,(H,17,19). The lowest BCUT2D eigenvalue weighted by atomic mass is 10.0. The van der Waals surface area contributed by atoms with Gasteiger partial charge in [-0.1, -0.05) is 6.07 Å². The molecule has 0 radical (unpaired) electrons. The number of nitrogens with zero attached hydrogens (tertiary/aromatic N) is 2. The van der Waals surface area contributed by atoms with Crippen LogP contribution >= 0.6 is 0 Å². The van der Waals surface area contributed by atoms with Crippen LogP contribution in [0.4, 0.5) is 0 Å². The molecule has 0 aromatic carbocycles. The minimum Gasteiger partial charge on any atom is -0.481 e. The van der Waals surface area contributed by atoms with E-state index < -0.39 is 5.72 Å². The molecular weight excluding hydrogens is 270 g/mol. The quantitative estimate of drug-likeness (QED) is 0.897. The van der Waals surface area contributed by atoms with Gasteiger partial charge >= 0.3 is 0 Å². The number of amides is 1. The summed E-state index contributed by atoms with van der Waals surface area (Å²) in [5, 5.41) is 3.00. The first-order valence-electron chi connectivity index (χ1n) is 7.31. The first kappa shape index (κ1) is 14.3. The largest absolute Gasteiger partial charge is 0.481 e. The predicted molar refractivity (Wildman–Crippen MR) is 76.7 cm³/mol. The second-order valence-electron chi connectivity index (χ2n) is 5.73. The maximum absolute atomic E-state index is 11.6. The van der Waals surface area contributed by atoms with Crippen molar-refractivity contribution in [2.75, 3.05) is 20.2 Å². The third kappa shape index (κ3) is 3.01. The molecule has 114 valence electrons. The molecule has 21 heavy (non-hydrogen) atoms. The average molecular weight is 291 g/mol. The molecule has 1 unspecified atom stereocenters. The lowest BCUT2D eigenvalue weighted by Crippen LogP contribution is -2.51. The van der Waals surface area contributed by atoms with Gasteiger partial charge in [-0.2, -0.15) is 0 Å². The van der Waals surface area contributed by atoms with E-state index in [4.69, 9.17) is 9.47 Å². The Morgan fingerprint density at radius 3 is 2.76 bits per heavy atom. The molecule has 2 saturated heterocycles. The van der Waals surface area contributed by atoms with Crippen molar-refractivity contribution in [3.63, 3.8) is 0 Å². The van der Waals surface area contributed by atoms with Crippen LogP contribution < -0.4 is 10.1 Å². The van der Waals surface area contributed by atoms with Gasteiger partial charge in [-0.25, -0.2) is 4.98 Å². The van der Waals surface area contributed by atoms with Crippen LogP contribution in [0.15, 0.2) is 18.3 Å². The van der Waals surface area contributed by atoms with Crippen LogP contribution in [-0.2, 0) is 16.1 Å². The Morgan fingerprint density at radius 2 is 2.24 bits per heavy atom. The molecule has 1 atom stereocenters. The molecule has 1 aromatic heterocycles. The number of ether oxygens (including phenoxy) is 2. The molecule has 3 heterocycles. The third-order valence-electron chi connectivity index (χ3n) is 4.20. The first-order valence-corrected chi connectivity index (χ1v) is 7.31. The van der Waals surface area contributed by atoms with Crippen LogP contribution in [0.25, 0.3) is 0 Å². The van der Waals surface area contributed by atoms with Gasteiger partial charge in [-0.05, 0) is 12.5 Å². The van der Waals surface area contributed by atoms with Crippen LogP contribution in [0.2, 0.25) is 0 Å². The zero-order valence-electron chi connectivity index (χ0n) is 12.5. The molecule has 6 heteroatoms. The molecule has 3 rings (SSSR count). The summed E-state index contributed by atoms with van der Waals surface area (Å²) in [6.45, 7) is 4.47. The van der Waals surface area contributed by atoms with Crippen LogP contribution in [0.1, 0.15) is 25.3 Å². The third-order valence-corrected chi connectivity index (χ3v) is 4.20. The molecule has 6 nitrogen and oxygen atoms in total. The first-order chi connectivity index (χ1) is 10.1. The highest BCUT2D eigenvalue weighted by atomic mass is 16.5. The van der Waals surface area contributed by atoms with E-state index in [0.717, 1.165) is 38.0 Å². The van der Waals surface area contributed by atoms with Crippen molar-refractivity contribution in [1.82, 2.24) is 15.2 Å². The van der Waals surface area contributed by atoms with Crippen molar-refractivity contribution in [3.8, 4) is 5.88 Å². The second-order valence-corrected chi connectivity index (χ2v) is 5.73. The summed E-state index contributed by atoms with van der Waals surface area (Å²) in [7, 11) is 1.61. The van der Waals surface area contributed by atoms with Crippen molar-refractivity contribution in [2.45, 2.75) is 38.1 Å². The van der Waals surface area contributed by atoms with E-state index in [-0.39, 0.29) is 12.0 Å². The Morgan fingerprint density at radius 1 is 1.48 bits per heavy atom. The summed E-state index contributed by atoms with van der Waals surface area (Å²) in [6, 6.07) is 3.91. The number of methoxy groups -OCH3 is 1. The SMILES string of the molecule is COc1ccc(CN2CCC3(CC2)NC(=O)C(C)O3)cn1. The number of hydrogen-bond donors (Lipinski definition) is 1. The van der Waals surface area contributed by atoms with E-state index in [1.165, 1.54) is 0 Å². The van der Waals surface area contributed by atoms with Gasteiger partial charge in [0.2, 0.25) is 5.88 Å². The van der Waals surface area contributed by atoms with E-state index in [0.29, 0.717) is 5.88 Å². The van der Waals surface area contributed by atoms with Crippen molar-refractivity contribution >= 4 is 5.91 Å². The number of carbonyl (C=O) groups is 1. The summed E-state index contributed by atoms with van der Waals surface area (Å²) < 4.78 is 10.9. The number of nitrogens with one attached hydrogen (secondary N) is 1. The fraction of sp³-hybridized carbons (Fsp3) is 0.600. The smallest absolute Gasteiger partial charge is 0.251 e. The van der Waals surface area contributed by atoms with Gasteiger partial charge in [-0.15, -0.1) is 0 Å². The van der Waals surface area contributed by atoms with E-state index >= 15 is 0 Å². The molecule has 0 aliphatic carbocycles. The summed E-state index contributed by atoms with van der Waals surface area (Å²) in [5.41, 5.74) is 0.724. The van der Waals surface area contributed by atoms with Gasteiger partial charge < -0.3 is 14.8 Å². The van der Waals surface area contributed by atoms with Gasteiger partial charge in [0.15, 0.2) is 0 Å². The molecule has 1 spiro atoms. The van der Waals surface area contributed by atoms with Crippen LogP contribution in [0.3, 0.4) is 0 Å². The zero-order chi connectivity index (χ0) is 14.9. The van der Waals surface area contributed by atoms with E-state index in [1.807, 2.05) is 18.3 Å². The molecule has 2 fully saturated rings. The molecule has 1 N–H and O–H groups in total. The summed E-state index contributed by atoms with van der Waals surface area (Å²) >= 11 is 0. The zero-order valence-corrected chi connectivity index (χ0v) is 12.5. The van der Waals surface area contributed by atoms with Crippen LogP contribution in [0, 0.1) is 0 Å². The monoisotopic (exact) mass is 291 g/mol. The molecule has 2 aliphatic rings. The number of aromatic nitrogens is 1. The van der Waals surface area contributed by atoms with Gasteiger partial charge in [0.1, 0.15) is 11.8 Å². The van der Waals surface area contributed by atoms with Crippen molar-refractivity contribution in [2.24, 2.45) is 0 Å². The normalized spacial score (nSPS) is 25.0. The molecule has 2 aliphatic heterocycles. The van der Waals surface area contributed by atoms with E-state index in [2.05, 4.69) is 15.2 Å². The molecule has 0 bridgehead atoms. The van der Waals surface area contributed by atoms with Crippen molar-refractivity contribution < 1.29 is 14.3 Å². The average Bonchev–Trinajstić information content (AvgIpc) is 2.77. The summed E-state index contributed by atoms with van der Waals surface area (Å²) in [6.07, 6.45) is 3.17. The molecule has 1 amide bonds. The topological polar surface area (TPSA) is 63.7 Å². The Balaban J connectivity index is 1.55. The van der Waals surface area contributed by atoms with E-state index in [1.54, 1.807) is 14.0 Å². The van der Waals surface area contributed by atoms with Crippen LogP contribution in [0.5, 0.6) is 5.88 Å². The van der Waals surface area contributed by atoms with Gasteiger partial charge in [0.25, 0.3) is 5.91 Å². The van der Waals surface area contributed by atoms with Crippen LogP contribution in [-0.4, -0.2) is 47.8 Å². The highest BCUT2D eigenvalue weighted by Gasteiger charge is 2.45. The highest BCUT2D eigenvalue weighted by Crippen LogP contribution is 2.30.